The van der Waals surface area contributed by atoms with E-state index >= 15 is 0 Å². The number of amides is 1. The minimum absolute atomic E-state index is 0.0680. The van der Waals surface area contributed by atoms with Crippen molar-refractivity contribution in [3.63, 3.8) is 0 Å². The van der Waals surface area contributed by atoms with E-state index in [2.05, 4.69) is 15.2 Å². The SMILES string of the molecule is COc1ccc(C=Cc2onc(C)c2NC(C)=O)cc1S(=O)(=O)NC1CCCCCCC1. The highest BCUT2D eigenvalue weighted by Crippen LogP contribution is 2.28. The zero-order chi connectivity index (χ0) is 23.1. The minimum atomic E-state index is -3.76. The second-order valence-corrected chi connectivity index (χ2v) is 9.78. The van der Waals surface area contributed by atoms with E-state index in [-0.39, 0.29) is 22.6 Å². The summed E-state index contributed by atoms with van der Waals surface area (Å²) >= 11 is 0. The van der Waals surface area contributed by atoms with Gasteiger partial charge >= 0.3 is 0 Å². The van der Waals surface area contributed by atoms with E-state index < -0.39 is 10.0 Å². The summed E-state index contributed by atoms with van der Waals surface area (Å²) in [6, 6.07) is 4.89. The van der Waals surface area contributed by atoms with Gasteiger partial charge in [-0.2, -0.15) is 0 Å². The molecule has 3 rings (SSSR count). The van der Waals surface area contributed by atoms with E-state index in [0.29, 0.717) is 22.7 Å². The number of sulfonamides is 1. The summed E-state index contributed by atoms with van der Waals surface area (Å²) < 4.78 is 39.9. The number of methoxy groups -OCH3 is 1. The summed E-state index contributed by atoms with van der Waals surface area (Å²) in [5, 5.41) is 6.57. The zero-order valence-corrected chi connectivity index (χ0v) is 19.6. The number of hydrogen-bond donors (Lipinski definition) is 2. The van der Waals surface area contributed by atoms with Gasteiger partial charge in [0.05, 0.1) is 7.11 Å². The molecule has 0 saturated heterocycles. The van der Waals surface area contributed by atoms with Gasteiger partial charge in [0.15, 0.2) is 5.76 Å². The Bertz CT molecular complexity index is 1070. The van der Waals surface area contributed by atoms with Crippen LogP contribution in [0.4, 0.5) is 5.69 Å². The minimum Gasteiger partial charge on any atom is -0.495 e. The highest BCUT2D eigenvalue weighted by Gasteiger charge is 2.24. The Hall–Kier alpha value is -2.65. The number of anilines is 1. The lowest BCUT2D eigenvalue weighted by molar-refractivity contribution is -0.114. The van der Waals surface area contributed by atoms with Crippen LogP contribution >= 0.6 is 0 Å². The van der Waals surface area contributed by atoms with Crippen molar-refractivity contribution in [3.05, 3.63) is 35.2 Å². The number of aromatic nitrogens is 1. The average Bonchev–Trinajstić information content (AvgIpc) is 3.07. The van der Waals surface area contributed by atoms with Crippen molar-refractivity contribution in [1.82, 2.24) is 9.88 Å². The molecule has 0 bridgehead atoms. The van der Waals surface area contributed by atoms with Crippen LogP contribution in [0.5, 0.6) is 5.75 Å². The molecule has 0 atom stereocenters. The van der Waals surface area contributed by atoms with Crippen molar-refractivity contribution in [2.45, 2.75) is 69.7 Å². The number of nitrogens with one attached hydrogen (secondary N) is 2. The molecule has 2 N–H and O–H groups in total. The van der Waals surface area contributed by atoms with Crippen LogP contribution in [0.15, 0.2) is 27.6 Å². The van der Waals surface area contributed by atoms with E-state index in [1.165, 1.54) is 20.5 Å². The lowest BCUT2D eigenvalue weighted by atomic mass is 9.97. The van der Waals surface area contributed by atoms with Crippen molar-refractivity contribution in [3.8, 4) is 5.75 Å². The standard InChI is InChI=1S/C23H31N3O5S/c1-16-23(24-17(2)27)21(31-25-16)14-12-18-11-13-20(30-3)22(15-18)32(28,29)26-19-9-7-5-4-6-8-10-19/h11-15,19,26H,4-10H2,1-3H3,(H,24,27). The van der Waals surface area contributed by atoms with Gasteiger partial charge < -0.3 is 14.6 Å². The fourth-order valence-electron chi connectivity index (χ4n) is 3.86. The maximum absolute atomic E-state index is 13.2. The summed E-state index contributed by atoms with van der Waals surface area (Å²) in [6.07, 6.45) is 10.6. The van der Waals surface area contributed by atoms with Crippen LogP contribution < -0.4 is 14.8 Å². The first-order chi connectivity index (χ1) is 15.3. The van der Waals surface area contributed by atoms with Crippen LogP contribution in [-0.4, -0.2) is 32.6 Å². The van der Waals surface area contributed by atoms with Gasteiger partial charge in [0.2, 0.25) is 15.9 Å². The average molecular weight is 462 g/mol. The molecule has 9 heteroatoms. The maximum atomic E-state index is 13.2. The largest absolute Gasteiger partial charge is 0.495 e. The Balaban J connectivity index is 1.85. The fourth-order valence-corrected chi connectivity index (χ4v) is 5.37. The normalized spacial score (nSPS) is 16.0. The predicted molar refractivity (Wildman–Crippen MR) is 124 cm³/mol. The van der Waals surface area contributed by atoms with Crippen molar-refractivity contribution >= 4 is 33.8 Å². The molecule has 0 spiro atoms. The second-order valence-electron chi connectivity index (χ2n) is 8.10. The Labute approximate surface area is 189 Å². The van der Waals surface area contributed by atoms with Crippen LogP contribution in [0.25, 0.3) is 12.2 Å². The molecule has 1 heterocycles. The molecule has 1 aromatic heterocycles. The third kappa shape index (κ3) is 6.20. The monoisotopic (exact) mass is 461 g/mol. The first-order valence-electron chi connectivity index (χ1n) is 10.9. The van der Waals surface area contributed by atoms with E-state index in [9.17, 15) is 13.2 Å². The number of carbonyl (C=O) groups is 1. The Morgan fingerprint density at radius 2 is 1.84 bits per heavy atom. The molecule has 0 aliphatic heterocycles. The van der Waals surface area contributed by atoms with E-state index in [1.54, 1.807) is 37.3 Å². The number of rotatable bonds is 7. The summed E-state index contributed by atoms with van der Waals surface area (Å²) in [5.74, 6) is 0.435. The Kier molecular flexibility index (Phi) is 8.09. The number of carbonyl (C=O) groups excluding carboxylic acids is 1. The van der Waals surface area contributed by atoms with E-state index in [0.717, 1.165) is 38.5 Å². The second kappa shape index (κ2) is 10.8. The Morgan fingerprint density at radius 1 is 1.16 bits per heavy atom. The van der Waals surface area contributed by atoms with Gasteiger partial charge in [0.1, 0.15) is 22.0 Å². The molecule has 0 radical (unpaired) electrons. The van der Waals surface area contributed by atoms with Gasteiger partial charge in [-0.05, 0) is 43.5 Å². The van der Waals surface area contributed by atoms with Crippen molar-refractivity contribution in [2.24, 2.45) is 0 Å². The van der Waals surface area contributed by atoms with Crippen LogP contribution in [0.2, 0.25) is 0 Å². The van der Waals surface area contributed by atoms with Crippen LogP contribution in [0.1, 0.15) is 68.9 Å². The summed E-state index contributed by atoms with van der Waals surface area (Å²) in [5.41, 5.74) is 1.69. The molecule has 1 aliphatic carbocycles. The number of ether oxygens (including phenoxy) is 1. The van der Waals surface area contributed by atoms with Gasteiger partial charge in [-0.3, -0.25) is 4.79 Å². The molecule has 32 heavy (non-hydrogen) atoms. The van der Waals surface area contributed by atoms with E-state index in [4.69, 9.17) is 9.26 Å². The summed E-state index contributed by atoms with van der Waals surface area (Å²) in [6.45, 7) is 3.13. The summed E-state index contributed by atoms with van der Waals surface area (Å²) in [7, 11) is -2.30. The molecule has 1 saturated carbocycles. The number of nitrogens with zero attached hydrogens (tertiary/aromatic N) is 1. The third-order valence-electron chi connectivity index (χ3n) is 5.52. The maximum Gasteiger partial charge on any atom is 0.244 e. The fraction of sp³-hybridized carbons (Fsp3) is 0.478. The molecule has 1 aliphatic rings. The van der Waals surface area contributed by atoms with E-state index in [1.807, 2.05) is 0 Å². The smallest absolute Gasteiger partial charge is 0.244 e. The Morgan fingerprint density at radius 3 is 2.50 bits per heavy atom. The molecule has 8 nitrogen and oxygen atoms in total. The molecule has 1 fully saturated rings. The van der Waals surface area contributed by atoms with Gasteiger partial charge in [-0.25, -0.2) is 13.1 Å². The first kappa shape index (κ1) is 24.0. The lowest BCUT2D eigenvalue weighted by Gasteiger charge is -2.21. The molecule has 174 valence electrons. The first-order valence-corrected chi connectivity index (χ1v) is 12.4. The number of benzene rings is 1. The topological polar surface area (TPSA) is 111 Å². The predicted octanol–water partition coefficient (Wildman–Crippen LogP) is 4.51. The highest BCUT2D eigenvalue weighted by atomic mass is 32.2. The van der Waals surface area contributed by atoms with Crippen LogP contribution in [0, 0.1) is 6.92 Å². The molecule has 2 aromatic rings. The van der Waals surface area contributed by atoms with Gasteiger partial charge in [-0.1, -0.05) is 49.4 Å². The molecule has 1 aromatic carbocycles. The molecular formula is C23H31N3O5S. The molecule has 1 amide bonds. The highest BCUT2D eigenvalue weighted by molar-refractivity contribution is 7.89. The van der Waals surface area contributed by atoms with Crippen molar-refractivity contribution < 1.29 is 22.5 Å². The lowest BCUT2D eigenvalue weighted by Crippen LogP contribution is -2.35. The van der Waals surface area contributed by atoms with Crippen LogP contribution in [-0.2, 0) is 14.8 Å². The van der Waals surface area contributed by atoms with Gasteiger partial charge in [-0.15, -0.1) is 0 Å². The molecule has 0 unspecified atom stereocenters. The third-order valence-corrected chi connectivity index (χ3v) is 7.06. The zero-order valence-electron chi connectivity index (χ0n) is 18.8. The van der Waals surface area contributed by atoms with Crippen LogP contribution in [0.3, 0.4) is 0 Å². The number of aryl methyl sites for hydroxylation is 1. The summed E-state index contributed by atoms with van der Waals surface area (Å²) in [4.78, 5) is 11.5. The molecular weight excluding hydrogens is 430 g/mol. The quantitative estimate of drug-likeness (QED) is 0.628. The number of hydrogen-bond acceptors (Lipinski definition) is 6. The van der Waals surface area contributed by atoms with Gasteiger partial charge in [0, 0.05) is 13.0 Å². The van der Waals surface area contributed by atoms with Gasteiger partial charge in [0.25, 0.3) is 0 Å². The van der Waals surface area contributed by atoms with Crippen molar-refractivity contribution in [1.29, 1.82) is 0 Å². The van der Waals surface area contributed by atoms with Crippen molar-refractivity contribution in [2.75, 3.05) is 12.4 Å².